The second kappa shape index (κ2) is 5.69. The number of benzene rings is 1. The highest BCUT2D eigenvalue weighted by atomic mass is 35.5. The lowest BCUT2D eigenvalue weighted by Gasteiger charge is -2.56. The highest BCUT2D eigenvalue weighted by molar-refractivity contribution is 6.30. The first-order valence-corrected chi connectivity index (χ1v) is 8.53. The van der Waals surface area contributed by atoms with Crippen LogP contribution in [0.1, 0.15) is 57.4 Å². The first-order valence-electron chi connectivity index (χ1n) is 8.15. The Hall–Kier alpha value is -0.530. The van der Waals surface area contributed by atoms with Gasteiger partial charge in [-0.1, -0.05) is 43.5 Å². The van der Waals surface area contributed by atoms with Crippen LogP contribution in [0, 0.1) is 5.41 Å². The second-order valence-electron chi connectivity index (χ2n) is 7.03. The fourth-order valence-corrected chi connectivity index (χ4v) is 4.81. The third-order valence-electron chi connectivity index (χ3n) is 5.42. The van der Waals surface area contributed by atoms with Crippen LogP contribution in [-0.4, -0.2) is 13.1 Å². The topological polar surface area (TPSA) is 12.0 Å². The highest BCUT2D eigenvalue weighted by Gasteiger charge is 2.55. The van der Waals surface area contributed by atoms with Gasteiger partial charge in [0.15, 0.2) is 0 Å². The van der Waals surface area contributed by atoms with E-state index in [-0.39, 0.29) is 0 Å². The quantitative estimate of drug-likeness (QED) is 0.758. The van der Waals surface area contributed by atoms with Gasteiger partial charge < -0.3 is 5.32 Å². The molecule has 1 nitrogen and oxygen atoms in total. The summed E-state index contributed by atoms with van der Waals surface area (Å²) in [5.41, 5.74) is 2.45. The van der Waals surface area contributed by atoms with Gasteiger partial charge in [-0.25, -0.2) is 0 Å². The molecule has 2 saturated carbocycles. The van der Waals surface area contributed by atoms with Crippen molar-refractivity contribution in [1.82, 2.24) is 5.32 Å². The van der Waals surface area contributed by atoms with E-state index in [1.165, 1.54) is 50.5 Å². The summed E-state index contributed by atoms with van der Waals surface area (Å²) in [6.07, 6.45) is 9.69. The van der Waals surface area contributed by atoms with Crippen LogP contribution >= 0.6 is 11.6 Å². The molecule has 1 aromatic carbocycles. The Morgan fingerprint density at radius 3 is 2.60 bits per heavy atom. The fourth-order valence-electron chi connectivity index (χ4n) is 4.62. The molecule has 2 aliphatic carbocycles. The van der Waals surface area contributed by atoms with Crippen molar-refractivity contribution < 1.29 is 0 Å². The summed E-state index contributed by atoms with van der Waals surface area (Å²) in [6, 6.07) is 8.57. The van der Waals surface area contributed by atoms with E-state index in [9.17, 15) is 0 Å². The average Bonchev–Trinajstić information content (AvgIpc) is 2.87. The molecule has 0 aromatic heterocycles. The minimum atomic E-state index is 0.338. The lowest BCUT2D eigenvalue weighted by molar-refractivity contribution is 0.0271. The molecular weight excluding hydrogens is 266 g/mol. The minimum Gasteiger partial charge on any atom is -0.316 e. The summed E-state index contributed by atoms with van der Waals surface area (Å²) in [5.74, 6) is 0. The van der Waals surface area contributed by atoms with Gasteiger partial charge in [-0.3, -0.25) is 0 Å². The second-order valence-corrected chi connectivity index (χ2v) is 7.46. The van der Waals surface area contributed by atoms with Gasteiger partial charge in [0.25, 0.3) is 0 Å². The van der Waals surface area contributed by atoms with Crippen molar-refractivity contribution in [3.63, 3.8) is 0 Å². The largest absolute Gasteiger partial charge is 0.316 e. The van der Waals surface area contributed by atoms with Gasteiger partial charge in [-0.2, -0.15) is 0 Å². The first kappa shape index (κ1) is 14.4. The molecule has 0 heterocycles. The zero-order valence-corrected chi connectivity index (χ0v) is 13.3. The molecule has 0 bridgehead atoms. The molecule has 0 radical (unpaired) electrons. The van der Waals surface area contributed by atoms with E-state index in [1.54, 1.807) is 0 Å². The lowest BCUT2D eigenvalue weighted by atomic mass is 9.49. The number of halogens is 1. The van der Waals surface area contributed by atoms with Crippen LogP contribution in [0.15, 0.2) is 24.3 Å². The van der Waals surface area contributed by atoms with E-state index in [4.69, 9.17) is 11.6 Å². The molecule has 0 saturated heterocycles. The van der Waals surface area contributed by atoms with Gasteiger partial charge in [0.05, 0.1) is 0 Å². The minimum absolute atomic E-state index is 0.338. The van der Waals surface area contributed by atoms with Gasteiger partial charge >= 0.3 is 0 Å². The van der Waals surface area contributed by atoms with Crippen molar-refractivity contribution in [2.24, 2.45) is 5.41 Å². The molecule has 1 N–H and O–H groups in total. The summed E-state index contributed by atoms with van der Waals surface area (Å²) >= 11 is 6.22. The maximum atomic E-state index is 6.22. The molecule has 0 atom stereocenters. The van der Waals surface area contributed by atoms with E-state index in [1.807, 2.05) is 6.07 Å². The summed E-state index contributed by atoms with van der Waals surface area (Å²) in [7, 11) is 0. The molecule has 0 unspecified atom stereocenters. The van der Waals surface area contributed by atoms with E-state index in [2.05, 4.69) is 30.4 Å². The van der Waals surface area contributed by atoms with Crippen molar-refractivity contribution in [3.8, 4) is 0 Å². The van der Waals surface area contributed by atoms with Crippen molar-refractivity contribution >= 4 is 11.6 Å². The SMILES string of the molecule is CCCNCC1(c2cccc(Cl)c2)CC2(CCCC2)C1. The summed E-state index contributed by atoms with van der Waals surface area (Å²) in [5, 5.41) is 4.54. The number of hydrogen-bond donors (Lipinski definition) is 1. The zero-order chi connectivity index (χ0) is 14.1. The van der Waals surface area contributed by atoms with Gasteiger partial charge in [0.2, 0.25) is 0 Å². The Balaban J connectivity index is 1.78. The zero-order valence-electron chi connectivity index (χ0n) is 12.6. The van der Waals surface area contributed by atoms with Crippen LogP contribution in [0.4, 0.5) is 0 Å². The third-order valence-corrected chi connectivity index (χ3v) is 5.65. The number of hydrogen-bond acceptors (Lipinski definition) is 1. The lowest BCUT2D eigenvalue weighted by Crippen LogP contribution is -2.53. The molecule has 1 spiro atoms. The third kappa shape index (κ3) is 2.63. The van der Waals surface area contributed by atoms with E-state index >= 15 is 0 Å². The maximum Gasteiger partial charge on any atom is 0.0408 e. The summed E-state index contributed by atoms with van der Waals surface area (Å²) in [6.45, 7) is 4.47. The average molecular weight is 292 g/mol. The molecule has 0 aliphatic heterocycles. The van der Waals surface area contributed by atoms with Gasteiger partial charge in [-0.05, 0) is 61.8 Å². The molecule has 110 valence electrons. The Kier molecular flexibility index (Phi) is 4.10. The molecular formula is C18H26ClN. The van der Waals surface area contributed by atoms with E-state index in [0.29, 0.717) is 10.8 Å². The predicted octanol–water partition coefficient (Wildman–Crippen LogP) is 4.93. The van der Waals surface area contributed by atoms with Crippen LogP contribution < -0.4 is 5.32 Å². The first-order chi connectivity index (χ1) is 9.68. The molecule has 2 heteroatoms. The fraction of sp³-hybridized carbons (Fsp3) is 0.667. The maximum absolute atomic E-state index is 6.22. The molecule has 2 fully saturated rings. The normalized spacial score (nSPS) is 22.9. The van der Waals surface area contributed by atoms with Crippen molar-refractivity contribution in [2.75, 3.05) is 13.1 Å². The van der Waals surface area contributed by atoms with Crippen LogP contribution in [0.5, 0.6) is 0 Å². The Labute approximate surface area is 128 Å². The van der Waals surface area contributed by atoms with Gasteiger partial charge in [-0.15, -0.1) is 0 Å². The molecule has 20 heavy (non-hydrogen) atoms. The number of nitrogens with one attached hydrogen (secondary N) is 1. The predicted molar refractivity (Wildman–Crippen MR) is 86.4 cm³/mol. The smallest absolute Gasteiger partial charge is 0.0408 e. The molecule has 1 aromatic rings. The highest BCUT2D eigenvalue weighted by Crippen LogP contribution is 2.62. The van der Waals surface area contributed by atoms with Crippen molar-refractivity contribution in [2.45, 2.75) is 57.3 Å². The Bertz CT molecular complexity index is 454. The molecule has 2 aliphatic rings. The summed E-state index contributed by atoms with van der Waals surface area (Å²) < 4.78 is 0. The van der Waals surface area contributed by atoms with Crippen LogP contribution in [0.3, 0.4) is 0 Å². The van der Waals surface area contributed by atoms with Crippen molar-refractivity contribution in [1.29, 1.82) is 0 Å². The van der Waals surface area contributed by atoms with E-state index < -0.39 is 0 Å². The molecule has 3 rings (SSSR count). The van der Waals surface area contributed by atoms with Gasteiger partial charge in [0.1, 0.15) is 0 Å². The van der Waals surface area contributed by atoms with E-state index in [0.717, 1.165) is 18.1 Å². The summed E-state index contributed by atoms with van der Waals surface area (Å²) in [4.78, 5) is 0. The van der Waals surface area contributed by atoms with Crippen LogP contribution in [0.25, 0.3) is 0 Å². The van der Waals surface area contributed by atoms with Crippen LogP contribution in [0.2, 0.25) is 5.02 Å². The van der Waals surface area contributed by atoms with Crippen molar-refractivity contribution in [3.05, 3.63) is 34.9 Å². The van der Waals surface area contributed by atoms with Crippen LogP contribution in [-0.2, 0) is 5.41 Å². The Morgan fingerprint density at radius 2 is 1.95 bits per heavy atom. The van der Waals surface area contributed by atoms with Gasteiger partial charge in [0, 0.05) is 17.0 Å². The molecule has 0 amide bonds. The number of rotatable bonds is 5. The Morgan fingerprint density at radius 1 is 1.20 bits per heavy atom. The monoisotopic (exact) mass is 291 g/mol. The standard InChI is InChI=1S/C18H26ClN/c1-2-10-20-14-18(15-6-5-7-16(19)11-15)12-17(13-18)8-3-4-9-17/h5-7,11,20H,2-4,8-10,12-14H2,1H3.